The molecular weight excluding hydrogens is 304 g/mol. The Labute approximate surface area is 141 Å². The fourth-order valence-corrected chi connectivity index (χ4v) is 2.63. The lowest BCUT2D eigenvalue weighted by Crippen LogP contribution is -2.19. The van der Waals surface area contributed by atoms with Crippen molar-refractivity contribution in [2.24, 2.45) is 5.16 Å². The number of nitrogens with zero attached hydrogens (tertiary/aromatic N) is 3. The highest BCUT2D eigenvalue weighted by atomic mass is 16.6. The maximum atomic E-state index is 12.3. The molecule has 0 atom stereocenters. The number of hydrogen-bond acceptors (Lipinski definition) is 5. The number of amides is 1. The number of benzene rings is 1. The molecule has 3 rings (SSSR count). The standard InChI is InChI=1S/C18H20N4O2/c1-24-20-12-14-4-6-15(7-5-14)18(23)21-16-8-9-17(19-13-16)22-10-2-3-11-22/h4-9,12-13H,2-3,10-11H2,1H3,(H,21,23)/b20-12+. The van der Waals surface area contributed by atoms with Gasteiger partial charge in [-0.25, -0.2) is 4.98 Å². The quantitative estimate of drug-likeness (QED) is 0.678. The zero-order valence-electron chi connectivity index (χ0n) is 13.6. The van der Waals surface area contributed by atoms with Crippen molar-refractivity contribution in [3.63, 3.8) is 0 Å². The van der Waals surface area contributed by atoms with Crippen LogP contribution in [0.4, 0.5) is 11.5 Å². The van der Waals surface area contributed by atoms with Crippen molar-refractivity contribution in [1.82, 2.24) is 4.98 Å². The van der Waals surface area contributed by atoms with E-state index in [-0.39, 0.29) is 5.91 Å². The molecule has 1 aliphatic rings. The number of carbonyl (C=O) groups is 1. The normalized spacial score (nSPS) is 14.1. The first kappa shape index (κ1) is 16.0. The fourth-order valence-electron chi connectivity index (χ4n) is 2.63. The summed E-state index contributed by atoms with van der Waals surface area (Å²) in [5.41, 5.74) is 2.13. The second-order valence-corrected chi connectivity index (χ2v) is 5.59. The molecular formula is C18H20N4O2. The maximum Gasteiger partial charge on any atom is 0.255 e. The molecule has 6 heteroatoms. The Bertz CT molecular complexity index is 705. The van der Waals surface area contributed by atoms with Crippen LogP contribution in [0.15, 0.2) is 47.8 Å². The van der Waals surface area contributed by atoms with Gasteiger partial charge in [0.05, 0.1) is 18.1 Å². The van der Waals surface area contributed by atoms with Crippen LogP contribution in [0, 0.1) is 0 Å². The van der Waals surface area contributed by atoms with Gasteiger partial charge in [-0.1, -0.05) is 17.3 Å². The Kier molecular flexibility index (Phi) is 5.05. The molecule has 1 N–H and O–H groups in total. The number of aromatic nitrogens is 1. The summed E-state index contributed by atoms with van der Waals surface area (Å²) in [5.74, 6) is 0.799. The van der Waals surface area contributed by atoms with Gasteiger partial charge in [-0.05, 0) is 42.7 Å². The summed E-state index contributed by atoms with van der Waals surface area (Å²) < 4.78 is 0. The van der Waals surface area contributed by atoms with Gasteiger partial charge in [-0.15, -0.1) is 0 Å². The number of pyridine rings is 1. The van der Waals surface area contributed by atoms with Gasteiger partial charge >= 0.3 is 0 Å². The molecule has 0 unspecified atom stereocenters. The van der Waals surface area contributed by atoms with Gasteiger partial charge in [-0.2, -0.15) is 0 Å². The summed E-state index contributed by atoms with van der Waals surface area (Å²) in [7, 11) is 1.49. The van der Waals surface area contributed by atoms with Crippen molar-refractivity contribution in [2.45, 2.75) is 12.8 Å². The molecule has 0 bridgehead atoms. The van der Waals surface area contributed by atoms with E-state index in [0.29, 0.717) is 11.3 Å². The van der Waals surface area contributed by atoms with Crippen molar-refractivity contribution < 1.29 is 9.63 Å². The van der Waals surface area contributed by atoms with Crippen molar-refractivity contribution in [3.05, 3.63) is 53.7 Å². The van der Waals surface area contributed by atoms with Gasteiger partial charge in [0.2, 0.25) is 0 Å². The van der Waals surface area contributed by atoms with Crippen LogP contribution < -0.4 is 10.2 Å². The van der Waals surface area contributed by atoms with Crippen molar-refractivity contribution in [3.8, 4) is 0 Å². The van der Waals surface area contributed by atoms with E-state index in [1.165, 1.54) is 20.0 Å². The minimum atomic E-state index is -0.166. The minimum Gasteiger partial charge on any atom is -0.399 e. The molecule has 1 saturated heterocycles. The van der Waals surface area contributed by atoms with Gasteiger partial charge in [0.25, 0.3) is 5.91 Å². The first-order chi connectivity index (χ1) is 11.8. The molecule has 0 aliphatic carbocycles. The highest BCUT2D eigenvalue weighted by Crippen LogP contribution is 2.19. The lowest BCUT2D eigenvalue weighted by molar-refractivity contribution is 0.102. The molecule has 124 valence electrons. The number of oxime groups is 1. The smallest absolute Gasteiger partial charge is 0.255 e. The van der Waals surface area contributed by atoms with Crippen LogP contribution in [0.3, 0.4) is 0 Å². The average molecular weight is 324 g/mol. The molecule has 0 spiro atoms. The van der Waals surface area contributed by atoms with Crippen LogP contribution in [0.1, 0.15) is 28.8 Å². The van der Waals surface area contributed by atoms with Gasteiger partial charge in [0, 0.05) is 18.7 Å². The maximum absolute atomic E-state index is 12.3. The lowest BCUT2D eigenvalue weighted by Gasteiger charge is -2.16. The number of anilines is 2. The third-order valence-corrected chi connectivity index (χ3v) is 3.92. The SMILES string of the molecule is CO/N=C/c1ccc(C(=O)Nc2ccc(N3CCCC3)nc2)cc1. The van der Waals surface area contributed by atoms with Gasteiger partial charge in [0.15, 0.2) is 0 Å². The van der Waals surface area contributed by atoms with E-state index < -0.39 is 0 Å². The van der Waals surface area contributed by atoms with Crippen molar-refractivity contribution in [1.29, 1.82) is 0 Å². The number of carbonyl (C=O) groups excluding carboxylic acids is 1. The first-order valence-electron chi connectivity index (χ1n) is 7.95. The van der Waals surface area contributed by atoms with Crippen molar-refractivity contribution >= 4 is 23.6 Å². The summed E-state index contributed by atoms with van der Waals surface area (Å²) in [6, 6.07) is 11.0. The average Bonchev–Trinajstić information content (AvgIpc) is 3.15. The highest BCUT2D eigenvalue weighted by Gasteiger charge is 2.13. The van der Waals surface area contributed by atoms with Crippen LogP contribution >= 0.6 is 0 Å². The molecule has 2 aromatic rings. The third kappa shape index (κ3) is 3.90. The Morgan fingerprint density at radius 2 is 1.96 bits per heavy atom. The van der Waals surface area contributed by atoms with Crippen LogP contribution in [0.25, 0.3) is 0 Å². The Morgan fingerprint density at radius 3 is 2.58 bits per heavy atom. The van der Waals surface area contributed by atoms with Crippen LogP contribution in [-0.2, 0) is 4.84 Å². The van der Waals surface area contributed by atoms with Crippen molar-refractivity contribution in [2.75, 3.05) is 30.4 Å². The fraction of sp³-hybridized carbons (Fsp3) is 0.278. The Balaban J connectivity index is 1.62. The summed E-state index contributed by atoms with van der Waals surface area (Å²) in [5, 5.41) is 6.55. The van der Waals surface area contributed by atoms with Crippen LogP contribution in [-0.4, -0.2) is 37.3 Å². The topological polar surface area (TPSA) is 66.8 Å². The van der Waals surface area contributed by atoms with E-state index in [4.69, 9.17) is 0 Å². The molecule has 1 amide bonds. The van der Waals surface area contributed by atoms with E-state index >= 15 is 0 Å². The molecule has 24 heavy (non-hydrogen) atoms. The number of hydrogen-bond donors (Lipinski definition) is 1. The molecule has 1 aliphatic heterocycles. The summed E-state index contributed by atoms with van der Waals surface area (Å²) in [6.45, 7) is 2.11. The van der Waals surface area contributed by atoms with E-state index in [9.17, 15) is 4.79 Å². The zero-order valence-corrected chi connectivity index (χ0v) is 13.6. The van der Waals surface area contributed by atoms with E-state index in [1.54, 1.807) is 24.5 Å². The second kappa shape index (κ2) is 7.59. The zero-order chi connectivity index (χ0) is 16.8. The van der Waals surface area contributed by atoms with Crippen LogP contribution in [0.2, 0.25) is 0 Å². The third-order valence-electron chi connectivity index (χ3n) is 3.92. The van der Waals surface area contributed by atoms with Crippen LogP contribution in [0.5, 0.6) is 0 Å². The largest absolute Gasteiger partial charge is 0.399 e. The van der Waals surface area contributed by atoms with Gasteiger partial charge in [0.1, 0.15) is 12.9 Å². The van der Waals surface area contributed by atoms with Gasteiger partial charge in [-0.3, -0.25) is 4.79 Å². The van der Waals surface area contributed by atoms with E-state index in [0.717, 1.165) is 24.5 Å². The Morgan fingerprint density at radius 1 is 1.21 bits per heavy atom. The molecule has 2 heterocycles. The molecule has 6 nitrogen and oxygen atoms in total. The summed E-state index contributed by atoms with van der Waals surface area (Å²) in [4.78, 5) is 23.6. The second-order valence-electron chi connectivity index (χ2n) is 5.59. The predicted octanol–water partition coefficient (Wildman–Crippen LogP) is 2.91. The molecule has 1 fully saturated rings. The van der Waals surface area contributed by atoms with E-state index in [1.807, 2.05) is 24.3 Å². The van der Waals surface area contributed by atoms with Gasteiger partial charge < -0.3 is 15.1 Å². The number of nitrogens with one attached hydrogen (secondary N) is 1. The minimum absolute atomic E-state index is 0.166. The highest BCUT2D eigenvalue weighted by molar-refractivity contribution is 6.04. The van der Waals surface area contributed by atoms with E-state index in [2.05, 4.69) is 25.2 Å². The molecule has 1 aromatic carbocycles. The first-order valence-corrected chi connectivity index (χ1v) is 7.95. The predicted molar refractivity (Wildman–Crippen MR) is 94.7 cm³/mol. The monoisotopic (exact) mass is 324 g/mol. The summed E-state index contributed by atoms with van der Waals surface area (Å²) in [6.07, 6.45) is 5.71. The summed E-state index contributed by atoms with van der Waals surface area (Å²) >= 11 is 0. The Hall–Kier alpha value is -2.89. The molecule has 0 radical (unpaired) electrons. The number of rotatable bonds is 5. The molecule has 1 aromatic heterocycles. The molecule has 0 saturated carbocycles. The lowest BCUT2D eigenvalue weighted by atomic mass is 10.1.